The van der Waals surface area contributed by atoms with E-state index in [-0.39, 0.29) is 12.2 Å². The predicted octanol–water partition coefficient (Wildman–Crippen LogP) is 5.44. The van der Waals surface area contributed by atoms with E-state index in [2.05, 4.69) is 20.6 Å². The predicted molar refractivity (Wildman–Crippen MR) is 146 cm³/mol. The van der Waals surface area contributed by atoms with Crippen LogP contribution in [-0.2, 0) is 11.3 Å². The van der Waals surface area contributed by atoms with Crippen molar-refractivity contribution in [1.29, 1.82) is 0 Å². The quantitative estimate of drug-likeness (QED) is 0.179. The first-order chi connectivity index (χ1) is 18.6. The highest BCUT2D eigenvalue weighted by Crippen LogP contribution is 2.24. The zero-order valence-corrected chi connectivity index (χ0v) is 23.1. The van der Waals surface area contributed by atoms with Gasteiger partial charge in [0.2, 0.25) is 11.7 Å². The standard InChI is InChI=1S/C29H35FN4O5/c1-7-24(37-21-13-10-19(11-14-21)27-31-26(9-3)39-34-27)25(8-2)38-33-18(4)20-12-15-22(23(30)16-20)28(36)32-29(5,6)17-35/h8,10-16,24,35H,7,9,17H2,1-6H3,(H,32,36)/b25-8?,33-18+. The molecule has 10 heteroatoms. The molecule has 1 unspecified atom stereocenters. The lowest BCUT2D eigenvalue weighted by molar-refractivity contribution is 0.0865. The monoisotopic (exact) mass is 538 g/mol. The Hall–Kier alpha value is -4.05. The smallest absolute Gasteiger partial charge is 0.254 e. The van der Waals surface area contributed by atoms with Gasteiger partial charge in [-0.05, 0) is 76.6 Å². The number of rotatable bonds is 12. The summed E-state index contributed by atoms with van der Waals surface area (Å²) >= 11 is 0. The molecule has 0 radical (unpaired) electrons. The van der Waals surface area contributed by atoms with E-state index in [9.17, 15) is 14.3 Å². The van der Waals surface area contributed by atoms with Gasteiger partial charge >= 0.3 is 0 Å². The summed E-state index contributed by atoms with van der Waals surface area (Å²) in [7, 11) is 0. The number of oxime groups is 1. The summed E-state index contributed by atoms with van der Waals surface area (Å²) < 4.78 is 26.0. The number of aromatic nitrogens is 2. The number of nitrogens with one attached hydrogen (secondary N) is 1. The van der Waals surface area contributed by atoms with Gasteiger partial charge < -0.3 is 24.5 Å². The van der Waals surface area contributed by atoms with Crippen molar-refractivity contribution in [3.63, 3.8) is 0 Å². The van der Waals surface area contributed by atoms with Gasteiger partial charge in [-0.1, -0.05) is 30.2 Å². The van der Waals surface area contributed by atoms with E-state index in [0.717, 1.165) is 5.56 Å². The van der Waals surface area contributed by atoms with Crippen molar-refractivity contribution in [2.45, 2.75) is 66.0 Å². The number of aliphatic hydroxyl groups is 1. The van der Waals surface area contributed by atoms with Gasteiger partial charge in [-0.15, -0.1) is 0 Å². The SMILES string of the molecule is CC=C(O/N=C(\C)c1ccc(C(=O)NC(C)(C)CO)c(F)c1)C(CC)Oc1ccc(-c2noc(CC)n2)cc1. The zero-order valence-electron chi connectivity index (χ0n) is 23.1. The molecule has 0 fully saturated rings. The molecule has 0 aliphatic heterocycles. The molecule has 0 saturated heterocycles. The molecule has 2 aromatic carbocycles. The van der Waals surface area contributed by atoms with Crippen molar-refractivity contribution >= 4 is 11.6 Å². The van der Waals surface area contributed by atoms with Crippen LogP contribution < -0.4 is 10.1 Å². The molecular weight excluding hydrogens is 503 g/mol. The van der Waals surface area contributed by atoms with Gasteiger partial charge in [0.15, 0.2) is 11.9 Å². The first-order valence-corrected chi connectivity index (χ1v) is 12.8. The van der Waals surface area contributed by atoms with E-state index in [0.29, 0.717) is 47.3 Å². The molecule has 3 aromatic rings. The second kappa shape index (κ2) is 13.1. The lowest BCUT2D eigenvalue weighted by Crippen LogP contribution is -2.46. The summed E-state index contributed by atoms with van der Waals surface area (Å²) in [6.07, 6.45) is 2.64. The van der Waals surface area contributed by atoms with Crippen molar-refractivity contribution in [3.8, 4) is 17.1 Å². The average Bonchev–Trinajstić information content (AvgIpc) is 3.42. The number of amides is 1. The Balaban J connectivity index is 1.67. The first kappa shape index (κ1) is 29.5. The fraction of sp³-hybridized carbons (Fsp3) is 0.379. The van der Waals surface area contributed by atoms with Gasteiger partial charge in [0.05, 0.1) is 23.4 Å². The number of aryl methyl sites for hydroxylation is 1. The zero-order chi connectivity index (χ0) is 28.6. The van der Waals surface area contributed by atoms with E-state index >= 15 is 0 Å². The Morgan fingerprint density at radius 1 is 1.23 bits per heavy atom. The minimum absolute atomic E-state index is 0.126. The van der Waals surface area contributed by atoms with Crippen molar-refractivity contribution in [3.05, 3.63) is 77.1 Å². The summed E-state index contributed by atoms with van der Waals surface area (Å²) in [6, 6.07) is 11.5. The van der Waals surface area contributed by atoms with E-state index in [4.69, 9.17) is 14.1 Å². The maximum atomic E-state index is 14.7. The fourth-order valence-electron chi connectivity index (χ4n) is 3.51. The molecule has 2 N–H and O–H groups in total. The van der Waals surface area contributed by atoms with Crippen LogP contribution in [0.3, 0.4) is 0 Å². The number of hydrogen-bond acceptors (Lipinski definition) is 8. The highest BCUT2D eigenvalue weighted by Gasteiger charge is 2.22. The first-order valence-electron chi connectivity index (χ1n) is 12.8. The second-order valence-corrected chi connectivity index (χ2v) is 9.55. The lowest BCUT2D eigenvalue weighted by Gasteiger charge is -2.23. The van der Waals surface area contributed by atoms with Crippen LogP contribution in [0.15, 0.2) is 64.0 Å². The molecule has 9 nitrogen and oxygen atoms in total. The Kier molecular flexibility index (Phi) is 9.95. The van der Waals surface area contributed by atoms with Crippen molar-refractivity contribution < 1.29 is 28.4 Å². The van der Waals surface area contributed by atoms with Crippen LogP contribution in [0.2, 0.25) is 0 Å². The van der Waals surface area contributed by atoms with Gasteiger partial charge in [0, 0.05) is 17.5 Å². The number of aliphatic hydroxyl groups excluding tert-OH is 1. The molecule has 1 heterocycles. The summed E-state index contributed by atoms with van der Waals surface area (Å²) in [5, 5.41) is 20.1. The third kappa shape index (κ3) is 7.73. The largest absolute Gasteiger partial charge is 0.482 e. The summed E-state index contributed by atoms with van der Waals surface area (Å²) in [6.45, 7) is 10.4. The van der Waals surface area contributed by atoms with Crippen LogP contribution in [0, 0.1) is 5.82 Å². The summed E-state index contributed by atoms with van der Waals surface area (Å²) in [5.41, 5.74) is 0.691. The summed E-state index contributed by atoms with van der Waals surface area (Å²) in [4.78, 5) is 22.4. The molecule has 1 aromatic heterocycles. The fourth-order valence-corrected chi connectivity index (χ4v) is 3.51. The molecule has 3 rings (SSSR count). The molecule has 0 saturated carbocycles. The molecule has 0 aliphatic carbocycles. The van der Waals surface area contributed by atoms with Crippen molar-refractivity contribution in [2.24, 2.45) is 5.16 Å². The third-order valence-corrected chi connectivity index (χ3v) is 5.90. The highest BCUT2D eigenvalue weighted by atomic mass is 19.1. The number of nitrogens with zero attached hydrogens (tertiary/aromatic N) is 3. The molecule has 0 aliphatic rings. The van der Waals surface area contributed by atoms with Crippen molar-refractivity contribution in [1.82, 2.24) is 15.5 Å². The minimum atomic E-state index is -0.872. The molecule has 0 spiro atoms. The molecule has 1 atom stereocenters. The van der Waals surface area contributed by atoms with Crippen LogP contribution in [0.1, 0.15) is 69.8 Å². The third-order valence-electron chi connectivity index (χ3n) is 5.90. The molecular formula is C29H35FN4O5. The van der Waals surface area contributed by atoms with Gasteiger partial charge in [-0.2, -0.15) is 4.98 Å². The number of hydrogen-bond donors (Lipinski definition) is 2. The van der Waals surface area contributed by atoms with E-state index in [1.807, 2.05) is 45.0 Å². The average molecular weight is 539 g/mol. The van der Waals surface area contributed by atoms with Crippen LogP contribution in [0.5, 0.6) is 5.75 Å². The maximum absolute atomic E-state index is 14.7. The minimum Gasteiger partial charge on any atom is -0.482 e. The number of allylic oxidation sites excluding steroid dienone is 1. The van der Waals surface area contributed by atoms with E-state index < -0.39 is 23.4 Å². The topological polar surface area (TPSA) is 119 Å². The molecule has 208 valence electrons. The maximum Gasteiger partial charge on any atom is 0.254 e. The van der Waals surface area contributed by atoms with Gasteiger partial charge in [-0.3, -0.25) is 4.79 Å². The highest BCUT2D eigenvalue weighted by molar-refractivity contribution is 6.00. The van der Waals surface area contributed by atoms with Crippen molar-refractivity contribution in [2.75, 3.05) is 6.61 Å². The number of carbonyl (C=O) groups is 1. The number of carbonyl (C=O) groups excluding carboxylic acids is 1. The van der Waals surface area contributed by atoms with E-state index in [1.165, 1.54) is 12.1 Å². The number of ether oxygens (including phenoxy) is 1. The lowest BCUT2D eigenvalue weighted by atomic mass is 10.0. The second-order valence-electron chi connectivity index (χ2n) is 9.55. The van der Waals surface area contributed by atoms with Gasteiger partial charge in [0.1, 0.15) is 11.6 Å². The molecule has 1 amide bonds. The van der Waals surface area contributed by atoms with Gasteiger partial charge in [-0.25, -0.2) is 4.39 Å². The summed E-state index contributed by atoms with van der Waals surface area (Å²) in [5.74, 6) is 0.909. The number of benzene rings is 2. The Bertz CT molecular complexity index is 1330. The Morgan fingerprint density at radius 3 is 2.51 bits per heavy atom. The Morgan fingerprint density at radius 2 is 1.95 bits per heavy atom. The molecule has 39 heavy (non-hydrogen) atoms. The van der Waals surface area contributed by atoms with Gasteiger partial charge in [0.25, 0.3) is 5.91 Å². The normalized spacial score (nSPS) is 13.2. The number of halogens is 1. The Labute approximate surface area is 227 Å². The van der Waals surface area contributed by atoms with Crippen LogP contribution >= 0.6 is 0 Å². The van der Waals surface area contributed by atoms with Crippen LogP contribution in [0.4, 0.5) is 4.39 Å². The van der Waals surface area contributed by atoms with E-state index in [1.54, 1.807) is 32.9 Å². The molecule has 0 bridgehead atoms. The van der Waals surface area contributed by atoms with Crippen LogP contribution in [-0.4, -0.2) is 45.1 Å². The van der Waals surface area contributed by atoms with Crippen LogP contribution in [0.25, 0.3) is 11.4 Å².